The average molecular weight is 474 g/mol. The van der Waals surface area contributed by atoms with Crippen molar-refractivity contribution in [3.63, 3.8) is 0 Å². The van der Waals surface area contributed by atoms with Crippen molar-refractivity contribution < 1.29 is 24.5 Å². The van der Waals surface area contributed by atoms with Gasteiger partial charge in [-0.05, 0) is 76.5 Å². The molecule has 1 aromatic carbocycles. The molecule has 8 heteroatoms. The molecule has 4 rings (SSSR count). The number of ether oxygens (including phenoxy) is 1. The lowest BCUT2D eigenvalue weighted by Crippen LogP contribution is -2.56. The molecule has 3 heterocycles. The van der Waals surface area contributed by atoms with E-state index in [9.17, 15) is 19.8 Å². The highest BCUT2D eigenvalue weighted by molar-refractivity contribution is 5.74. The Morgan fingerprint density at radius 3 is 2.47 bits per heavy atom. The molecule has 0 radical (unpaired) electrons. The molecule has 1 amide bonds. The number of nitrogens with zero attached hydrogens (tertiary/aromatic N) is 2. The number of nitrogens with one attached hydrogen (secondary N) is 1. The largest absolute Gasteiger partial charge is 0.480 e. The molecule has 0 bridgehead atoms. The molecular formula is C26H39N3O5. The summed E-state index contributed by atoms with van der Waals surface area (Å²) >= 11 is 0. The lowest BCUT2D eigenvalue weighted by molar-refractivity contribution is -0.148. The van der Waals surface area contributed by atoms with Crippen LogP contribution in [0.2, 0.25) is 0 Å². The van der Waals surface area contributed by atoms with E-state index < -0.39 is 23.7 Å². The molecule has 0 aliphatic carbocycles. The van der Waals surface area contributed by atoms with Gasteiger partial charge in [0.2, 0.25) is 0 Å². The number of amides is 1. The van der Waals surface area contributed by atoms with E-state index in [0.717, 1.165) is 13.0 Å². The molecule has 1 aromatic rings. The number of hydrogen-bond acceptors (Lipinski definition) is 6. The highest BCUT2D eigenvalue weighted by Gasteiger charge is 2.43. The molecule has 34 heavy (non-hydrogen) atoms. The third kappa shape index (κ3) is 5.18. The van der Waals surface area contributed by atoms with Crippen molar-refractivity contribution in [1.82, 2.24) is 9.80 Å². The van der Waals surface area contributed by atoms with Crippen LogP contribution in [0.25, 0.3) is 0 Å². The zero-order valence-electron chi connectivity index (χ0n) is 20.8. The Bertz CT molecular complexity index is 906. The van der Waals surface area contributed by atoms with Crippen LogP contribution in [-0.4, -0.2) is 82.5 Å². The zero-order chi connectivity index (χ0) is 24.6. The predicted octanol–water partition coefficient (Wildman–Crippen LogP) is 3.29. The van der Waals surface area contributed by atoms with Gasteiger partial charge in [-0.1, -0.05) is 18.2 Å². The van der Waals surface area contributed by atoms with E-state index in [4.69, 9.17) is 4.74 Å². The topological polar surface area (TPSA) is 102 Å². The fourth-order valence-corrected chi connectivity index (χ4v) is 6.02. The quantitative estimate of drug-likeness (QED) is 0.617. The van der Waals surface area contributed by atoms with Gasteiger partial charge in [0, 0.05) is 37.8 Å². The number of β-amino-alcohol motifs (C(OH)–C–C–N with tert-alkyl or cyclic N) is 1. The fraction of sp³-hybridized carbons (Fsp3) is 0.692. The number of likely N-dealkylation sites (tertiary alicyclic amines) is 2. The first-order valence-corrected chi connectivity index (χ1v) is 12.5. The maximum absolute atomic E-state index is 12.4. The number of hydrogen-bond donors (Lipinski definition) is 3. The minimum atomic E-state index is -0.843. The van der Waals surface area contributed by atoms with Gasteiger partial charge < -0.3 is 25.2 Å². The molecule has 0 aromatic heterocycles. The maximum Gasteiger partial charge on any atom is 0.410 e. The van der Waals surface area contributed by atoms with Crippen LogP contribution in [0.1, 0.15) is 57.1 Å². The van der Waals surface area contributed by atoms with E-state index in [1.54, 1.807) is 4.90 Å². The summed E-state index contributed by atoms with van der Waals surface area (Å²) in [6.45, 7) is 10.4. The first-order valence-electron chi connectivity index (χ1n) is 12.5. The lowest BCUT2D eigenvalue weighted by Gasteiger charge is -2.44. The smallest absolute Gasteiger partial charge is 0.410 e. The van der Waals surface area contributed by atoms with E-state index in [-0.39, 0.29) is 23.8 Å². The van der Waals surface area contributed by atoms with Gasteiger partial charge >= 0.3 is 12.1 Å². The summed E-state index contributed by atoms with van der Waals surface area (Å²) in [5.74, 6) is -0.552. The molecule has 4 atom stereocenters. The van der Waals surface area contributed by atoms with E-state index in [2.05, 4.69) is 30.4 Å². The number of anilines is 1. The first-order chi connectivity index (χ1) is 16.0. The Morgan fingerprint density at radius 1 is 1.15 bits per heavy atom. The fourth-order valence-electron chi connectivity index (χ4n) is 6.02. The molecular weight excluding hydrogens is 434 g/mol. The number of rotatable bonds is 4. The van der Waals surface area contributed by atoms with Crippen molar-refractivity contribution in [1.29, 1.82) is 0 Å². The van der Waals surface area contributed by atoms with Crippen molar-refractivity contribution in [2.45, 2.75) is 70.6 Å². The summed E-state index contributed by atoms with van der Waals surface area (Å²) in [6, 6.07) is 5.66. The standard InChI is InChI=1S/C26H39N3O5/c1-16-6-5-7-19-20(14-27-22(16)19)18-10-13-29(15-21(18)30)23(24(31)32)17-8-11-28(12-9-17)25(33)34-26(2,3)4/h5-7,17-18,20-21,23,27,30H,8-15H2,1-4H3,(H,31,32). The average Bonchev–Trinajstić information content (AvgIpc) is 3.18. The highest BCUT2D eigenvalue weighted by atomic mass is 16.6. The van der Waals surface area contributed by atoms with Crippen LogP contribution in [0.15, 0.2) is 18.2 Å². The van der Waals surface area contributed by atoms with Gasteiger partial charge in [0.05, 0.1) is 6.10 Å². The third-order valence-electron chi connectivity index (χ3n) is 7.67. The van der Waals surface area contributed by atoms with Crippen LogP contribution >= 0.6 is 0 Å². The summed E-state index contributed by atoms with van der Waals surface area (Å²) < 4.78 is 5.47. The molecule has 0 saturated carbocycles. The summed E-state index contributed by atoms with van der Waals surface area (Å²) in [5, 5.41) is 24.7. The van der Waals surface area contributed by atoms with Crippen LogP contribution in [-0.2, 0) is 9.53 Å². The van der Waals surface area contributed by atoms with Crippen LogP contribution in [0.3, 0.4) is 0 Å². The van der Waals surface area contributed by atoms with Crippen molar-refractivity contribution in [3.05, 3.63) is 29.3 Å². The summed E-state index contributed by atoms with van der Waals surface area (Å²) in [4.78, 5) is 28.3. The molecule has 2 fully saturated rings. The van der Waals surface area contributed by atoms with Crippen molar-refractivity contribution >= 4 is 17.7 Å². The molecule has 188 valence electrons. The number of aliphatic hydroxyl groups excluding tert-OH is 1. The number of aliphatic carboxylic acids is 1. The number of fused-ring (bicyclic) bond motifs is 1. The number of benzene rings is 1. The van der Waals surface area contributed by atoms with Gasteiger partial charge in [0.1, 0.15) is 11.6 Å². The molecule has 3 aliphatic heterocycles. The Morgan fingerprint density at radius 2 is 1.85 bits per heavy atom. The lowest BCUT2D eigenvalue weighted by atomic mass is 9.78. The second-order valence-corrected chi connectivity index (χ2v) is 11.1. The Balaban J connectivity index is 1.37. The van der Waals surface area contributed by atoms with Crippen LogP contribution in [0.4, 0.5) is 10.5 Å². The van der Waals surface area contributed by atoms with Crippen LogP contribution in [0.5, 0.6) is 0 Å². The number of carboxylic acids is 1. The number of aliphatic hydroxyl groups is 1. The minimum absolute atomic E-state index is 0.0588. The van der Waals surface area contributed by atoms with Gasteiger partial charge in [0.15, 0.2) is 0 Å². The predicted molar refractivity (Wildman–Crippen MR) is 130 cm³/mol. The summed E-state index contributed by atoms with van der Waals surface area (Å²) in [6.07, 6.45) is 1.09. The normalized spacial score (nSPS) is 27.1. The molecule has 3 aliphatic rings. The number of para-hydroxylation sites is 1. The van der Waals surface area contributed by atoms with Gasteiger partial charge in [0.25, 0.3) is 0 Å². The van der Waals surface area contributed by atoms with Gasteiger partial charge in [-0.3, -0.25) is 9.69 Å². The molecule has 2 saturated heterocycles. The monoisotopic (exact) mass is 473 g/mol. The van der Waals surface area contributed by atoms with Crippen molar-refractivity contribution in [3.8, 4) is 0 Å². The van der Waals surface area contributed by atoms with E-state index >= 15 is 0 Å². The third-order valence-corrected chi connectivity index (χ3v) is 7.67. The number of carboxylic acid groups (broad SMARTS) is 1. The van der Waals surface area contributed by atoms with E-state index in [1.807, 2.05) is 25.7 Å². The molecule has 8 nitrogen and oxygen atoms in total. The Kier molecular flexibility index (Phi) is 7.10. The Labute approximate surface area is 202 Å². The number of piperidine rings is 2. The summed E-state index contributed by atoms with van der Waals surface area (Å²) in [7, 11) is 0. The van der Waals surface area contributed by atoms with Gasteiger partial charge in [-0.15, -0.1) is 0 Å². The minimum Gasteiger partial charge on any atom is -0.480 e. The van der Waals surface area contributed by atoms with Crippen LogP contribution < -0.4 is 5.32 Å². The Hall–Kier alpha value is -2.32. The number of carbonyl (C=O) groups is 2. The first kappa shape index (κ1) is 24.8. The molecule has 4 unspecified atom stereocenters. The maximum atomic E-state index is 12.4. The zero-order valence-corrected chi connectivity index (χ0v) is 20.8. The highest BCUT2D eigenvalue weighted by Crippen LogP contribution is 2.42. The van der Waals surface area contributed by atoms with Crippen molar-refractivity contribution in [2.75, 3.05) is 38.0 Å². The second-order valence-electron chi connectivity index (χ2n) is 11.1. The van der Waals surface area contributed by atoms with Gasteiger partial charge in [-0.2, -0.15) is 0 Å². The van der Waals surface area contributed by atoms with E-state index in [0.29, 0.717) is 39.0 Å². The number of aryl methyl sites for hydroxylation is 1. The molecule has 3 N–H and O–H groups in total. The molecule has 0 spiro atoms. The van der Waals surface area contributed by atoms with Crippen LogP contribution in [0, 0.1) is 18.8 Å². The van der Waals surface area contributed by atoms with E-state index in [1.165, 1.54) is 16.8 Å². The van der Waals surface area contributed by atoms with Crippen molar-refractivity contribution in [2.24, 2.45) is 11.8 Å². The number of carbonyl (C=O) groups excluding carboxylic acids is 1. The SMILES string of the molecule is Cc1cccc2c1NCC2C1CCN(C(C(=O)O)C2CCN(C(=O)OC(C)(C)C)CC2)CC1O. The van der Waals surface area contributed by atoms with Gasteiger partial charge in [-0.25, -0.2) is 4.79 Å². The summed E-state index contributed by atoms with van der Waals surface area (Å²) in [5.41, 5.74) is 3.12. The second kappa shape index (κ2) is 9.74.